The summed E-state index contributed by atoms with van der Waals surface area (Å²) in [6.45, 7) is 7.24. The van der Waals surface area contributed by atoms with E-state index in [4.69, 9.17) is 9.47 Å². The van der Waals surface area contributed by atoms with Crippen molar-refractivity contribution in [3.05, 3.63) is 59.2 Å². The summed E-state index contributed by atoms with van der Waals surface area (Å²) >= 11 is 0. The fraction of sp³-hybridized carbons (Fsp3) is 0.300. The van der Waals surface area contributed by atoms with E-state index in [1.807, 2.05) is 51.1 Å². The summed E-state index contributed by atoms with van der Waals surface area (Å²) in [5.41, 5.74) is 7.75. The quantitative estimate of drug-likeness (QED) is 0.780. The molecule has 0 bridgehead atoms. The van der Waals surface area contributed by atoms with Gasteiger partial charge in [-0.2, -0.15) is 0 Å². The molecule has 0 spiro atoms. The van der Waals surface area contributed by atoms with Crippen LogP contribution in [0.2, 0.25) is 0 Å². The first-order valence-electron chi connectivity index (χ1n) is 8.38. The van der Waals surface area contributed by atoms with E-state index in [0.29, 0.717) is 11.5 Å². The van der Waals surface area contributed by atoms with Gasteiger partial charge in [-0.3, -0.25) is 20.4 Å². The largest absolute Gasteiger partial charge is 0.483 e. The van der Waals surface area contributed by atoms with Gasteiger partial charge in [0.15, 0.2) is 12.7 Å². The lowest BCUT2D eigenvalue weighted by Crippen LogP contribution is -2.48. The molecule has 2 rings (SSSR count). The topological polar surface area (TPSA) is 76.7 Å². The van der Waals surface area contributed by atoms with Crippen LogP contribution < -0.4 is 20.3 Å². The fourth-order valence-electron chi connectivity index (χ4n) is 2.24. The molecule has 2 amide bonds. The molecule has 26 heavy (non-hydrogen) atoms. The van der Waals surface area contributed by atoms with Gasteiger partial charge in [0.1, 0.15) is 11.5 Å². The Bertz CT molecular complexity index is 789. The van der Waals surface area contributed by atoms with Crippen molar-refractivity contribution in [1.29, 1.82) is 0 Å². The summed E-state index contributed by atoms with van der Waals surface area (Å²) < 4.78 is 11.0. The summed E-state index contributed by atoms with van der Waals surface area (Å²) in [4.78, 5) is 23.9. The van der Waals surface area contributed by atoms with Gasteiger partial charge in [-0.25, -0.2) is 0 Å². The molecule has 138 valence electrons. The van der Waals surface area contributed by atoms with E-state index in [2.05, 4.69) is 10.9 Å². The number of carbonyl (C=O) groups is 2. The molecule has 6 heteroatoms. The van der Waals surface area contributed by atoms with Crippen LogP contribution in [-0.4, -0.2) is 24.5 Å². The molecule has 0 saturated carbocycles. The summed E-state index contributed by atoms with van der Waals surface area (Å²) in [5.74, 6) is 0.327. The maximum Gasteiger partial charge on any atom is 0.279 e. The van der Waals surface area contributed by atoms with Crippen molar-refractivity contribution in [2.75, 3.05) is 6.61 Å². The number of aryl methyl sites for hydroxylation is 2. The van der Waals surface area contributed by atoms with E-state index in [0.717, 1.165) is 16.7 Å². The third kappa shape index (κ3) is 5.51. The van der Waals surface area contributed by atoms with Crippen molar-refractivity contribution in [2.24, 2.45) is 0 Å². The highest BCUT2D eigenvalue weighted by Gasteiger charge is 2.15. The minimum Gasteiger partial charge on any atom is -0.483 e. The minimum absolute atomic E-state index is 0.197. The third-order valence-corrected chi connectivity index (χ3v) is 3.91. The molecule has 0 radical (unpaired) electrons. The maximum atomic E-state index is 12.0. The zero-order valence-electron chi connectivity index (χ0n) is 15.5. The second-order valence-electron chi connectivity index (χ2n) is 6.10. The Kier molecular flexibility index (Phi) is 6.60. The van der Waals surface area contributed by atoms with Crippen LogP contribution in [-0.2, 0) is 9.59 Å². The number of nitrogens with one attached hydrogen (secondary N) is 2. The Morgan fingerprint density at radius 3 is 2.50 bits per heavy atom. The van der Waals surface area contributed by atoms with Crippen molar-refractivity contribution in [1.82, 2.24) is 10.9 Å². The van der Waals surface area contributed by atoms with Crippen LogP contribution in [0.25, 0.3) is 0 Å². The highest BCUT2D eigenvalue weighted by molar-refractivity contribution is 5.85. The van der Waals surface area contributed by atoms with Gasteiger partial charge in [-0.15, -0.1) is 0 Å². The van der Waals surface area contributed by atoms with E-state index in [-0.39, 0.29) is 6.61 Å². The molecule has 6 nitrogen and oxygen atoms in total. The lowest BCUT2D eigenvalue weighted by Gasteiger charge is -2.16. The molecule has 0 aliphatic heterocycles. The molecule has 2 N–H and O–H groups in total. The van der Waals surface area contributed by atoms with E-state index >= 15 is 0 Å². The van der Waals surface area contributed by atoms with Crippen molar-refractivity contribution < 1.29 is 19.1 Å². The standard InChI is InChI=1S/C20H24N2O4/c1-13-7-5-9-17(11-13)26-16(4)20(24)22-21-19(23)12-25-18-10-6-8-14(2)15(18)3/h5-11,16H,12H2,1-4H3,(H,21,23)(H,22,24). The number of carbonyl (C=O) groups excluding carboxylic acids is 2. The van der Waals surface area contributed by atoms with Gasteiger partial charge < -0.3 is 9.47 Å². The molecule has 1 unspecified atom stereocenters. The second kappa shape index (κ2) is 8.89. The molecular formula is C20H24N2O4. The van der Waals surface area contributed by atoms with Crippen LogP contribution in [0.3, 0.4) is 0 Å². The number of hydrazine groups is 1. The number of ether oxygens (including phenoxy) is 2. The second-order valence-corrected chi connectivity index (χ2v) is 6.10. The first kappa shape index (κ1) is 19.3. The van der Waals surface area contributed by atoms with E-state index in [9.17, 15) is 9.59 Å². The number of amides is 2. The smallest absolute Gasteiger partial charge is 0.279 e. The summed E-state index contributed by atoms with van der Waals surface area (Å²) in [6.07, 6.45) is -0.753. The first-order chi connectivity index (χ1) is 12.4. The Morgan fingerprint density at radius 1 is 1.04 bits per heavy atom. The van der Waals surface area contributed by atoms with E-state index in [1.54, 1.807) is 19.1 Å². The SMILES string of the molecule is Cc1cccc(OC(C)C(=O)NNC(=O)COc2cccc(C)c2C)c1. The Hall–Kier alpha value is -3.02. The van der Waals surface area contributed by atoms with E-state index < -0.39 is 17.9 Å². The van der Waals surface area contributed by atoms with Crippen LogP contribution >= 0.6 is 0 Å². The van der Waals surface area contributed by atoms with Gasteiger partial charge in [0.25, 0.3) is 11.8 Å². The molecule has 0 saturated heterocycles. The van der Waals surface area contributed by atoms with Crippen molar-refractivity contribution in [3.8, 4) is 11.5 Å². The summed E-state index contributed by atoms with van der Waals surface area (Å²) in [7, 11) is 0. The zero-order valence-corrected chi connectivity index (χ0v) is 15.5. The summed E-state index contributed by atoms with van der Waals surface area (Å²) in [5, 5.41) is 0. The van der Waals surface area contributed by atoms with Gasteiger partial charge >= 0.3 is 0 Å². The number of rotatable bonds is 6. The van der Waals surface area contributed by atoms with Crippen LogP contribution in [0, 0.1) is 20.8 Å². The van der Waals surface area contributed by atoms with Crippen LogP contribution in [0.4, 0.5) is 0 Å². The molecule has 0 heterocycles. The van der Waals surface area contributed by atoms with Gasteiger partial charge in [-0.05, 0) is 62.6 Å². The molecule has 0 aliphatic rings. The van der Waals surface area contributed by atoms with Crippen LogP contribution in [0.1, 0.15) is 23.6 Å². The molecule has 2 aromatic rings. The van der Waals surface area contributed by atoms with Crippen molar-refractivity contribution in [3.63, 3.8) is 0 Å². The number of hydrogen-bond acceptors (Lipinski definition) is 4. The molecule has 0 aliphatic carbocycles. The lowest BCUT2D eigenvalue weighted by atomic mass is 10.1. The Balaban J connectivity index is 1.77. The lowest BCUT2D eigenvalue weighted by molar-refractivity contribution is -0.133. The highest BCUT2D eigenvalue weighted by atomic mass is 16.5. The molecule has 0 aromatic heterocycles. The Labute approximate surface area is 153 Å². The van der Waals surface area contributed by atoms with Crippen molar-refractivity contribution >= 4 is 11.8 Å². The van der Waals surface area contributed by atoms with Gasteiger partial charge in [0, 0.05) is 0 Å². The van der Waals surface area contributed by atoms with Crippen LogP contribution in [0.15, 0.2) is 42.5 Å². The number of hydrogen-bond donors (Lipinski definition) is 2. The fourth-order valence-corrected chi connectivity index (χ4v) is 2.24. The monoisotopic (exact) mass is 356 g/mol. The third-order valence-electron chi connectivity index (χ3n) is 3.91. The molecular weight excluding hydrogens is 332 g/mol. The average Bonchev–Trinajstić information content (AvgIpc) is 2.60. The van der Waals surface area contributed by atoms with Gasteiger partial charge in [0.2, 0.25) is 0 Å². The first-order valence-corrected chi connectivity index (χ1v) is 8.38. The Morgan fingerprint density at radius 2 is 1.77 bits per heavy atom. The van der Waals surface area contributed by atoms with Crippen molar-refractivity contribution in [2.45, 2.75) is 33.8 Å². The molecule has 1 atom stereocenters. The number of benzene rings is 2. The van der Waals surface area contributed by atoms with E-state index in [1.165, 1.54) is 0 Å². The average molecular weight is 356 g/mol. The summed E-state index contributed by atoms with van der Waals surface area (Å²) in [6, 6.07) is 13.0. The van der Waals surface area contributed by atoms with Gasteiger partial charge in [-0.1, -0.05) is 24.3 Å². The highest BCUT2D eigenvalue weighted by Crippen LogP contribution is 2.20. The molecule has 0 fully saturated rings. The predicted molar refractivity (Wildman–Crippen MR) is 99.0 cm³/mol. The predicted octanol–water partition coefficient (Wildman–Crippen LogP) is 2.61. The van der Waals surface area contributed by atoms with Gasteiger partial charge in [0.05, 0.1) is 0 Å². The van der Waals surface area contributed by atoms with Crippen LogP contribution in [0.5, 0.6) is 11.5 Å². The molecule has 2 aromatic carbocycles. The maximum absolute atomic E-state index is 12.0. The normalized spacial score (nSPS) is 11.4. The zero-order chi connectivity index (χ0) is 19.1. The minimum atomic E-state index is -0.753.